The highest BCUT2D eigenvalue weighted by molar-refractivity contribution is 6.08. The molecule has 10 aromatic rings. The van der Waals surface area contributed by atoms with Gasteiger partial charge in [-0.1, -0.05) is 48.5 Å². The average molecular weight is 635 g/mol. The molecule has 9 heteroatoms. The van der Waals surface area contributed by atoms with Crippen molar-refractivity contribution in [3.63, 3.8) is 0 Å². The molecule has 0 amide bonds. The molecule has 0 fully saturated rings. The molecule has 0 aliphatic heterocycles. The van der Waals surface area contributed by atoms with Gasteiger partial charge in [-0.15, -0.1) is 0 Å². The Morgan fingerprint density at radius 2 is 0.898 bits per heavy atom. The van der Waals surface area contributed by atoms with Crippen molar-refractivity contribution >= 4 is 43.9 Å². The molecule has 0 atom stereocenters. The summed E-state index contributed by atoms with van der Waals surface area (Å²) in [5.41, 5.74) is 7.59. The largest absolute Gasteiger partial charge is 0.457 e. The first-order chi connectivity index (χ1) is 24.3. The van der Waals surface area contributed by atoms with Crippen LogP contribution in [0, 0.1) is 0 Å². The Kier molecular flexibility index (Phi) is 5.97. The first-order valence-corrected chi connectivity index (χ1v) is 16.0. The lowest BCUT2D eigenvalue weighted by Gasteiger charge is -2.10. The summed E-state index contributed by atoms with van der Waals surface area (Å²) in [4.78, 5) is 9.40. The van der Waals surface area contributed by atoms with Gasteiger partial charge in [-0.05, 0) is 60.7 Å². The van der Waals surface area contributed by atoms with Crippen molar-refractivity contribution in [1.82, 2.24) is 38.7 Å². The number of ether oxygens (including phenoxy) is 1. The van der Waals surface area contributed by atoms with Crippen molar-refractivity contribution in [1.29, 1.82) is 0 Å². The van der Waals surface area contributed by atoms with Crippen LogP contribution in [0.3, 0.4) is 0 Å². The van der Waals surface area contributed by atoms with Crippen molar-refractivity contribution < 1.29 is 4.74 Å². The van der Waals surface area contributed by atoms with Gasteiger partial charge in [0.15, 0.2) is 0 Å². The Morgan fingerprint density at radius 3 is 1.41 bits per heavy atom. The third-order valence-corrected chi connectivity index (χ3v) is 8.92. The summed E-state index contributed by atoms with van der Waals surface area (Å²) in [7, 11) is 0. The van der Waals surface area contributed by atoms with Crippen molar-refractivity contribution in [2.24, 2.45) is 0 Å². The fourth-order valence-corrected chi connectivity index (χ4v) is 6.77. The smallest absolute Gasteiger partial charge is 0.145 e. The van der Waals surface area contributed by atoms with Gasteiger partial charge >= 0.3 is 0 Å². The molecular weight excluding hydrogens is 608 g/mol. The van der Waals surface area contributed by atoms with Crippen LogP contribution in [-0.4, -0.2) is 38.7 Å². The molecule has 0 spiro atoms. The maximum absolute atomic E-state index is 6.38. The Morgan fingerprint density at radius 1 is 0.429 bits per heavy atom. The third-order valence-electron chi connectivity index (χ3n) is 8.92. The Bertz CT molecular complexity index is 2540. The molecule has 9 nitrogen and oxygen atoms in total. The minimum Gasteiger partial charge on any atom is -0.457 e. The number of hydrogen-bond donors (Lipinski definition) is 0. The molecule has 0 aliphatic rings. The van der Waals surface area contributed by atoms with Crippen LogP contribution >= 0.6 is 0 Å². The predicted molar refractivity (Wildman–Crippen MR) is 191 cm³/mol. The summed E-state index contributed by atoms with van der Waals surface area (Å²) in [6.07, 6.45) is 11.4. The van der Waals surface area contributed by atoms with E-state index in [4.69, 9.17) is 24.9 Å². The second kappa shape index (κ2) is 10.8. The van der Waals surface area contributed by atoms with Gasteiger partial charge in [-0.2, -0.15) is 10.2 Å². The van der Waals surface area contributed by atoms with Crippen LogP contribution in [0.1, 0.15) is 0 Å². The van der Waals surface area contributed by atoms with Crippen molar-refractivity contribution in [3.05, 3.63) is 159 Å². The van der Waals surface area contributed by atoms with Crippen molar-refractivity contribution in [2.45, 2.75) is 0 Å². The van der Waals surface area contributed by atoms with Gasteiger partial charge in [0.05, 0.1) is 58.6 Å². The van der Waals surface area contributed by atoms with Gasteiger partial charge < -0.3 is 4.74 Å². The predicted octanol–water partition coefficient (Wildman–Crippen LogP) is 8.83. The summed E-state index contributed by atoms with van der Waals surface area (Å²) >= 11 is 0. The lowest BCUT2D eigenvalue weighted by atomic mass is 10.2. The number of para-hydroxylation sites is 2. The molecule has 0 aliphatic carbocycles. The minimum atomic E-state index is 0.697. The van der Waals surface area contributed by atoms with E-state index >= 15 is 0 Å². The second-order valence-electron chi connectivity index (χ2n) is 11.8. The van der Waals surface area contributed by atoms with E-state index in [0.717, 1.165) is 66.6 Å². The zero-order valence-corrected chi connectivity index (χ0v) is 26.0. The van der Waals surface area contributed by atoms with Crippen LogP contribution in [-0.2, 0) is 0 Å². The highest BCUT2D eigenvalue weighted by Gasteiger charge is 2.16. The van der Waals surface area contributed by atoms with E-state index in [9.17, 15) is 0 Å². The van der Waals surface area contributed by atoms with E-state index in [-0.39, 0.29) is 0 Å². The fourth-order valence-electron chi connectivity index (χ4n) is 6.77. The number of aromatic nitrogens is 8. The van der Waals surface area contributed by atoms with Crippen LogP contribution < -0.4 is 4.74 Å². The van der Waals surface area contributed by atoms with Gasteiger partial charge in [0, 0.05) is 46.1 Å². The lowest BCUT2D eigenvalue weighted by molar-refractivity contribution is 0.481. The van der Waals surface area contributed by atoms with Crippen molar-refractivity contribution in [2.75, 3.05) is 0 Å². The first kappa shape index (κ1) is 27.1. The zero-order valence-electron chi connectivity index (χ0n) is 26.0. The molecule has 0 unspecified atom stereocenters. The van der Waals surface area contributed by atoms with Gasteiger partial charge in [-0.3, -0.25) is 9.13 Å². The number of pyridine rings is 2. The number of benzene rings is 4. The SMILES string of the molecule is c1cc(Oc2cccc(-n3cc(-n4c5ccccc5c5cccnc54)cn3)c2)cc(-n2cc(-n3c4ccccc4c4cccnc43)cn2)c1. The molecular formula is C40H26N8O. The fraction of sp³-hybridized carbons (Fsp3) is 0. The number of hydrogen-bond acceptors (Lipinski definition) is 5. The summed E-state index contributed by atoms with van der Waals surface area (Å²) in [5, 5.41) is 14.0. The highest BCUT2D eigenvalue weighted by Crippen LogP contribution is 2.33. The normalized spacial score (nSPS) is 11.7. The molecule has 49 heavy (non-hydrogen) atoms. The molecule has 10 rings (SSSR count). The summed E-state index contributed by atoms with van der Waals surface area (Å²) in [5.74, 6) is 1.39. The van der Waals surface area contributed by atoms with Crippen molar-refractivity contribution in [3.8, 4) is 34.2 Å². The zero-order chi connectivity index (χ0) is 32.3. The molecule has 4 aromatic carbocycles. The topological polar surface area (TPSA) is 80.5 Å². The maximum atomic E-state index is 6.38. The van der Waals surface area contributed by atoms with E-state index in [2.05, 4.69) is 57.7 Å². The number of fused-ring (bicyclic) bond motifs is 6. The van der Waals surface area contributed by atoms with Crippen LogP contribution in [0.5, 0.6) is 11.5 Å². The monoisotopic (exact) mass is 634 g/mol. The van der Waals surface area contributed by atoms with E-state index in [1.807, 2.05) is 119 Å². The second-order valence-corrected chi connectivity index (χ2v) is 11.8. The molecule has 6 aromatic heterocycles. The van der Waals surface area contributed by atoms with Gasteiger partial charge in [0.1, 0.15) is 22.8 Å². The standard InChI is InChI=1S/C40H26N8O/c1-3-17-37-33(13-1)35-15-7-19-41-39(35)47(37)29-23-43-45(25-29)27-9-5-11-31(21-27)49-32-12-6-10-28(22-32)46-26-30(24-44-46)48-38-18-4-2-14-34(38)36-16-8-20-42-40(36)48/h1-26H. The quantitative estimate of drug-likeness (QED) is 0.183. The summed E-state index contributed by atoms with van der Waals surface area (Å²) in [6.45, 7) is 0. The minimum absolute atomic E-state index is 0.697. The van der Waals surface area contributed by atoms with Gasteiger partial charge in [-0.25, -0.2) is 19.3 Å². The molecule has 0 bridgehead atoms. The number of rotatable bonds is 6. The maximum Gasteiger partial charge on any atom is 0.145 e. The van der Waals surface area contributed by atoms with Crippen LogP contribution in [0.2, 0.25) is 0 Å². The molecule has 6 heterocycles. The van der Waals surface area contributed by atoms with Crippen LogP contribution in [0.4, 0.5) is 0 Å². The Labute approximate surface area is 279 Å². The lowest BCUT2D eigenvalue weighted by Crippen LogP contribution is -1.97. The van der Waals surface area contributed by atoms with E-state index in [1.54, 1.807) is 0 Å². The van der Waals surface area contributed by atoms with E-state index in [1.165, 1.54) is 0 Å². The van der Waals surface area contributed by atoms with Gasteiger partial charge in [0.2, 0.25) is 0 Å². The van der Waals surface area contributed by atoms with Gasteiger partial charge in [0.25, 0.3) is 0 Å². The van der Waals surface area contributed by atoms with E-state index < -0.39 is 0 Å². The van der Waals surface area contributed by atoms with Crippen LogP contribution in [0.15, 0.2) is 159 Å². The van der Waals surface area contributed by atoms with E-state index in [0.29, 0.717) is 11.5 Å². The Hall–Kier alpha value is -7.00. The van der Waals surface area contributed by atoms with Crippen LogP contribution in [0.25, 0.3) is 66.6 Å². The first-order valence-electron chi connectivity index (χ1n) is 16.0. The summed E-state index contributed by atoms with van der Waals surface area (Å²) in [6, 6.07) is 40.7. The average Bonchev–Trinajstić information content (AvgIpc) is 3.95. The summed E-state index contributed by atoms with van der Waals surface area (Å²) < 4.78 is 14.4. The Balaban J connectivity index is 0.948. The molecule has 0 N–H and O–H groups in total. The number of nitrogens with zero attached hydrogens (tertiary/aromatic N) is 8. The molecule has 0 saturated carbocycles. The molecule has 0 saturated heterocycles. The highest BCUT2D eigenvalue weighted by atomic mass is 16.5. The molecule has 232 valence electrons. The molecule has 0 radical (unpaired) electrons. The third kappa shape index (κ3) is 4.40.